The van der Waals surface area contributed by atoms with Gasteiger partial charge in [0.25, 0.3) is 5.91 Å². The van der Waals surface area contributed by atoms with Crippen LogP contribution < -0.4 is 10.6 Å². The molecule has 0 bridgehead atoms. The minimum atomic E-state index is 0.105. The minimum absolute atomic E-state index is 0.105. The lowest BCUT2D eigenvalue weighted by molar-refractivity contribution is 0.0954. The molecule has 0 radical (unpaired) electrons. The zero-order valence-corrected chi connectivity index (χ0v) is 12.0. The van der Waals surface area contributed by atoms with Crippen molar-refractivity contribution in [1.29, 1.82) is 0 Å². The standard InChI is InChI=1S/C13H18N2OS2/c16-13(15-7-10-2-1-4-14-10)12-6-9-8-17-5-3-11(9)18-12/h6,10,14H,1-5,7-8H2,(H,15,16). The van der Waals surface area contributed by atoms with E-state index >= 15 is 0 Å². The highest BCUT2D eigenvalue weighted by atomic mass is 32.2. The molecule has 1 aromatic rings. The molecule has 2 aliphatic rings. The summed E-state index contributed by atoms with van der Waals surface area (Å²) in [5, 5.41) is 6.45. The number of thioether (sulfide) groups is 1. The number of aryl methyl sites for hydroxylation is 1. The monoisotopic (exact) mass is 282 g/mol. The molecule has 0 saturated carbocycles. The third-order valence-corrected chi connectivity index (χ3v) is 5.77. The fourth-order valence-corrected chi connectivity index (χ4v) is 4.78. The molecule has 1 atom stereocenters. The van der Waals surface area contributed by atoms with Crippen molar-refractivity contribution in [3.63, 3.8) is 0 Å². The lowest BCUT2D eigenvalue weighted by Crippen LogP contribution is -2.36. The summed E-state index contributed by atoms with van der Waals surface area (Å²) < 4.78 is 0. The molecule has 2 N–H and O–H groups in total. The molecule has 1 amide bonds. The second-order valence-electron chi connectivity index (χ2n) is 4.86. The van der Waals surface area contributed by atoms with Crippen molar-refractivity contribution >= 4 is 29.0 Å². The van der Waals surface area contributed by atoms with Crippen LogP contribution in [-0.4, -0.2) is 30.8 Å². The number of hydrogen-bond acceptors (Lipinski definition) is 4. The maximum atomic E-state index is 12.1. The average molecular weight is 282 g/mol. The van der Waals surface area contributed by atoms with Gasteiger partial charge in [0.15, 0.2) is 0 Å². The predicted molar refractivity (Wildman–Crippen MR) is 77.5 cm³/mol. The summed E-state index contributed by atoms with van der Waals surface area (Å²) in [7, 11) is 0. The number of hydrogen-bond donors (Lipinski definition) is 2. The zero-order chi connectivity index (χ0) is 12.4. The summed E-state index contributed by atoms with van der Waals surface area (Å²) in [6.45, 7) is 1.85. The molecule has 1 unspecified atom stereocenters. The van der Waals surface area contributed by atoms with Gasteiger partial charge in [-0.1, -0.05) is 0 Å². The Bertz CT molecular complexity index is 415. The van der Waals surface area contributed by atoms with Gasteiger partial charge in [-0.05, 0) is 43.2 Å². The summed E-state index contributed by atoms with van der Waals surface area (Å²) in [5.74, 6) is 2.37. The normalized spacial score (nSPS) is 22.8. The first-order valence-corrected chi connectivity index (χ1v) is 8.51. The summed E-state index contributed by atoms with van der Waals surface area (Å²) in [4.78, 5) is 14.4. The third-order valence-electron chi connectivity index (χ3n) is 3.52. The van der Waals surface area contributed by atoms with E-state index in [4.69, 9.17) is 0 Å². The first-order valence-electron chi connectivity index (χ1n) is 6.54. The van der Waals surface area contributed by atoms with Crippen LogP contribution in [-0.2, 0) is 12.2 Å². The molecular formula is C13H18N2OS2. The van der Waals surface area contributed by atoms with Crippen LogP contribution in [0.5, 0.6) is 0 Å². The maximum absolute atomic E-state index is 12.1. The number of amides is 1. The van der Waals surface area contributed by atoms with E-state index in [-0.39, 0.29) is 5.91 Å². The van der Waals surface area contributed by atoms with Gasteiger partial charge in [0, 0.05) is 23.2 Å². The van der Waals surface area contributed by atoms with Gasteiger partial charge < -0.3 is 10.6 Å². The predicted octanol–water partition coefficient (Wildman–Crippen LogP) is 2.02. The number of nitrogens with one attached hydrogen (secondary N) is 2. The van der Waals surface area contributed by atoms with E-state index in [0.717, 1.165) is 30.1 Å². The van der Waals surface area contributed by atoms with E-state index in [9.17, 15) is 4.79 Å². The largest absolute Gasteiger partial charge is 0.350 e. The van der Waals surface area contributed by atoms with Crippen molar-refractivity contribution in [3.05, 3.63) is 21.4 Å². The van der Waals surface area contributed by atoms with E-state index in [1.54, 1.807) is 11.3 Å². The highest BCUT2D eigenvalue weighted by Crippen LogP contribution is 2.31. The molecule has 1 aromatic heterocycles. The van der Waals surface area contributed by atoms with E-state index in [1.807, 2.05) is 11.8 Å². The minimum Gasteiger partial charge on any atom is -0.350 e. The van der Waals surface area contributed by atoms with Gasteiger partial charge in [-0.15, -0.1) is 11.3 Å². The zero-order valence-electron chi connectivity index (χ0n) is 10.3. The molecule has 0 aliphatic carbocycles. The van der Waals surface area contributed by atoms with Crippen molar-refractivity contribution in [2.24, 2.45) is 0 Å². The summed E-state index contributed by atoms with van der Waals surface area (Å²) in [5.41, 5.74) is 1.38. The summed E-state index contributed by atoms with van der Waals surface area (Å²) >= 11 is 3.64. The van der Waals surface area contributed by atoms with Crippen LogP contribution in [0.15, 0.2) is 6.07 Å². The topological polar surface area (TPSA) is 41.1 Å². The number of carbonyl (C=O) groups excluding carboxylic acids is 1. The molecule has 98 valence electrons. The fourth-order valence-electron chi connectivity index (χ4n) is 2.49. The molecule has 3 nitrogen and oxygen atoms in total. The molecule has 5 heteroatoms. The molecule has 2 aliphatic heterocycles. The Balaban J connectivity index is 1.59. The summed E-state index contributed by atoms with van der Waals surface area (Å²) in [6, 6.07) is 2.56. The van der Waals surface area contributed by atoms with E-state index in [0.29, 0.717) is 6.04 Å². The van der Waals surface area contributed by atoms with Gasteiger partial charge in [0.2, 0.25) is 0 Å². The lowest BCUT2D eigenvalue weighted by atomic mass is 10.2. The Morgan fingerprint density at radius 1 is 1.56 bits per heavy atom. The highest BCUT2D eigenvalue weighted by Gasteiger charge is 2.19. The smallest absolute Gasteiger partial charge is 0.261 e. The van der Waals surface area contributed by atoms with Gasteiger partial charge in [0.1, 0.15) is 0 Å². The third kappa shape index (κ3) is 2.73. The second kappa shape index (κ2) is 5.63. The van der Waals surface area contributed by atoms with Gasteiger partial charge in [-0.2, -0.15) is 11.8 Å². The Hall–Kier alpha value is -0.520. The quantitative estimate of drug-likeness (QED) is 0.891. The maximum Gasteiger partial charge on any atom is 0.261 e. The SMILES string of the molecule is O=C(NCC1CCCN1)c1cc2c(s1)CCSC2. The van der Waals surface area contributed by atoms with Crippen LogP contribution in [0.2, 0.25) is 0 Å². The molecule has 18 heavy (non-hydrogen) atoms. The van der Waals surface area contributed by atoms with Crippen LogP contribution in [0, 0.1) is 0 Å². The highest BCUT2D eigenvalue weighted by molar-refractivity contribution is 7.98. The molecular weight excluding hydrogens is 264 g/mol. The number of rotatable bonds is 3. The van der Waals surface area contributed by atoms with Crippen molar-refractivity contribution in [3.8, 4) is 0 Å². The van der Waals surface area contributed by atoms with Crippen molar-refractivity contribution < 1.29 is 4.79 Å². The number of thiophene rings is 1. The van der Waals surface area contributed by atoms with E-state index in [2.05, 4.69) is 16.7 Å². The van der Waals surface area contributed by atoms with Gasteiger partial charge in [-0.3, -0.25) is 4.79 Å². The average Bonchev–Trinajstić information content (AvgIpc) is 3.04. The lowest BCUT2D eigenvalue weighted by Gasteiger charge is -2.10. The van der Waals surface area contributed by atoms with Crippen LogP contribution >= 0.6 is 23.1 Å². The Morgan fingerprint density at radius 3 is 3.28 bits per heavy atom. The van der Waals surface area contributed by atoms with Crippen molar-refractivity contribution in [2.45, 2.75) is 31.1 Å². The first kappa shape index (κ1) is 12.5. The Morgan fingerprint density at radius 2 is 2.50 bits per heavy atom. The van der Waals surface area contributed by atoms with Gasteiger partial charge in [0.05, 0.1) is 4.88 Å². The molecule has 0 aromatic carbocycles. The number of fused-ring (bicyclic) bond motifs is 1. The fraction of sp³-hybridized carbons (Fsp3) is 0.615. The molecule has 3 rings (SSSR count). The van der Waals surface area contributed by atoms with E-state index in [1.165, 1.54) is 29.0 Å². The van der Waals surface area contributed by atoms with Gasteiger partial charge >= 0.3 is 0 Å². The Kier molecular flexibility index (Phi) is 3.91. The molecule has 3 heterocycles. The van der Waals surface area contributed by atoms with Crippen LogP contribution in [0.25, 0.3) is 0 Å². The van der Waals surface area contributed by atoms with Crippen LogP contribution in [0.1, 0.15) is 33.0 Å². The number of carbonyl (C=O) groups is 1. The summed E-state index contributed by atoms with van der Waals surface area (Å²) in [6.07, 6.45) is 3.53. The first-order chi connectivity index (χ1) is 8.83. The van der Waals surface area contributed by atoms with Crippen LogP contribution in [0.3, 0.4) is 0 Å². The van der Waals surface area contributed by atoms with Crippen LogP contribution in [0.4, 0.5) is 0 Å². The molecule has 1 fully saturated rings. The Labute approximate surface area is 116 Å². The van der Waals surface area contributed by atoms with Crippen molar-refractivity contribution in [1.82, 2.24) is 10.6 Å². The van der Waals surface area contributed by atoms with Gasteiger partial charge in [-0.25, -0.2) is 0 Å². The second-order valence-corrected chi connectivity index (χ2v) is 7.11. The van der Waals surface area contributed by atoms with E-state index < -0.39 is 0 Å². The molecule has 0 spiro atoms. The molecule has 1 saturated heterocycles. The van der Waals surface area contributed by atoms with Crippen molar-refractivity contribution in [2.75, 3.05) is 18.8 Å².